The molecule has 0 spiro atoms. The largest absolute Gasteiger partial charge is 0.388 e. The molecule has 1 saturated heterocycles. The van der Waals surface area contributed by atoms with Crippen LogP contribution in [0.3, 0.4) is 0 Å². The van der Waals surface area contributed by atoms with Crippen LogP contribution in [-0.4, -0.2) is 63.8 Å². The van der Waals surface area contributed by atoms with E-state index in [1.165, 1.54) is 122 Å². The molecule has 3 N–H and O–H groups in total. The first-order valence-electron chi connectivity index (χ1n) is 18.0. The number of carbonyl (C=O) groups excluding carboxylic acids is 1. The molecule has 0 bridgehead atoms. The van der Waals surface area contributed by atoms with Gasteiger partial charge in [-0.05, 0) is 12.8 Å². The highest BCUT2D eigenvalue weighted by Gasteiger charge is 2.41. The standard InChI is InChI=1S/C35H69NO5/c1-3-5-7-9-11-13-14-15-16-17-18-19-21-23-25-27-29-36(35-34(40)33(39)31(37)30-41-35)32(38)28-26-24-22-20-12-10-8-6-4-2/h31,33-35,37,39-40H,3-30H2,1-2H3/t31-,33-,34+,35+/m1/s1. The van der Waals surface area contributed by atoms with Crippen LogP contribution in [0.2, 0.25) is 0 Å². The zero-order valence-electron chi connectivity index (χ0n) is 27.2. The molecule has 0 aromatic rings. The van der Waals surface area contributed by atoms with Gasteiger partial charge in [0.05, 0.1) is 6.61 Å². The van der Waals surface area contributed by atoms with Crippen molar-refractivity contribution in [2.45, 2.75) is 205 Å². The van der Waals surface area contributed by atoms with Crippen molar-refractivity contribution in [3.8, 4) is 0 Å². The summed E-state index contributed by atoms with van der Waals surface area (Å²) in [7, 11) is 0. The summed E-state index contributed by atoms with van der Waals surface area (Å²) in [4.78, 5) is 14.8. The number of aliphatic hydroxyl groups excluding tert-OH is 3. The Bertz CT molecular complexity index is 589. The van der Waals surface area contributed by atoms with Crippen LogP contribution >= 0.6 is 0 Å². The molecule has 1 fully saturated rings. The lowest BCUT2D eigenvalue weighted by Crippen LogP contribution is -2.60. The van der Waals surface area contributed by atoms with Crippen LogP contribution in [0.25, 0.3) is 0 Å². The Labute approximate surface area is 254 Å². The summed E-state index contributed by atoms with van der Waals surface area (Å²) in [6, 6.07) is 0. The third-order valence-electron chi connectivity index (χ3n) is 8.85. The maximum atomic E-state index is 13.2. The monoisotopic (exact) mass is 584 g/mol. The molecule has 1 rings (SSSR count). The van der Waals surface area contributed by atoms with Crippen LogP contribution in [0.5, 0.6) is 0 Å². The molecule has 41 heavy (non-hydrogen) atoms. The quantitative estimate of drug-likeness (QED) is 0.0804. The highest BCUT2D eigenvalue weighted by molar-refractivity contribution is 5.76. The number of nitrogens with zero attached hydrogens (tertiary/aromatic N) is 1. The van der Waals surface area contributed by atoms with Gasteiger partial charge in [-0.15, -0.1) is 0 Å². The van der Waals surface area contributed by atoms with E-state index in [1.807, 2.05) is 0 Å². The molecule has 0 aromatic heterocycles. The fourth-order valence-corrected chi connectivity index (χ4v) is 6.02. The van der Waals surface area contributed by atoms with Crippen molar-refractivity contribution in [3.05, 3.63) is 0 Å². The average Bonchev–Trinajstić information content (AvgIpc) is 2.97. The number of aliphatic hydroxyl groups is 3. The van der Waals surface area contributed by atoms with Gasteiger partial charge in [0.15, 0.2) is 6.23 Å². The van der Waals surface area contributed by atoms with Crippen LogP contribution in [-0.2, 0) is 9.53 Å². The summed E-state index contributed by atoms with van der Waals surface area (Å²) < 4.78 is 5.67. The van der Waals surface area contributed by atoms with Crippen LogP contribution in [0.1, 0.15) is 181 Å². The summed E-state index contributed by atoms with van der Waals surface area (Å²) in [5.74, 6) is -0.0125. The first-order chi connectivity index (χ1) is 20.0. The van der Waals surface area contributed by atoms with Crippen molar-refractivity contribution in [1.82, 2.24) is 4.90 Å². The second-order valence-electron chi connectivity index (χ2n) is 12.7. The van der Waals surface area contributed by atoms with E-state index in [1.54, 1.807) is 4.90 Å². The van der Waals surface area contributed by atoms with Crippen molar-refractivity contribution in [3.63, 3.8) is 0 Å². The van der Waals surface area contributed by atoms with Gasteiger partial charge in [0, 0.05) is 13.0 Å². The molecule has 1 aliphatic rings. The molecule has 0 saturated carbocycles. The van der Waals surface area contributed by atoms with Crippen LogP contribution in [0.15, 0.2) is 0 Å². The van der Waals surface area contributed by atoms with Gasteiger partial charge in [-0.2, -0.15) is 0 Å². The Kier molecular flexibility index (Phi) is 25.2. The Morgan fingerprint density at radius 2 is 0.927 bits per heavy atom. The summed E-state index contributed by atoms with van der Waals surface area (Å²) >= 11 is 0. The van der Waals surface area contributed by atoms with Crippen LogP contribution in [0.4, 0.5) is 0 Å². The highest BCUT2D eigenvalue weighted by Crippen LogP contribution is 2.22. The SMILES string of the molecule is CCCCCCCCCCCCCCCCCCN(C(=O)CCCCCCCCCCC)[C@H]1OC[C@@H](O)[C@@H](O)[C@@H]1O. The van der Waals surface area contributed by atoms with E-state index < -0.39 is 24.5 Å². The van der Waals surface area contributed by atoms with E-state index >= 15 is 0 Å². The van der Waals surface area contributed by atoms with Crippen molar-refractivity contribution in [2.75, 3.05) is 13.2 Å². The molecule has 0 radical (unpaired) electrons. The number of ether oxygens (including phenoxy) is 1. The zero-order valence-corrected chi connectivity index (χ0v) is 27.2. The Hall–Kier alpha value is -0.690. The van der Waals surface area contributed by atoms with E-state index in [0.29, 0.717) is 13.0 Å². The van der Waals surface area contributed by atoms with Crippen LogP contribution in [0, 0.1) is 0 Å². The minimum Gasteiger partial charge on any atom is -0.388 e. The Morgan fingerprint density at radius 3 is 1.34 bits per heavy atom. The maximum Gasteiger partial charge on any atom is 0.224 e. The lowest BCUT2D eigenvalue weighted by Gasteiger charge is -2.41. The van der Waals surface area contributed by atoms with E-state index in [9.17, 15) is 20.1 Å². The van der Waals surface area contributed by atoms with Gasteiger partial charge in [-0.3, -0.25) is 4.79 Å². The maximum absolute atomic E-state index is 13.2. The van der Waals surface area contributed by atoms with Gasteiger partial charge in [-0.25, -0.2) is 0 Å². The summed E-state index contributed by atoms with van der Waals surface area (Å²) in [6.45, 7) is 4.97. The fourth-order valence-electron chi connectivity index (χ4n) is 6.02. The van der Waals surface area contributed by atoms with Crippen molar-refractivity contribution >= 4 is 5.91 Å². The topological polar surface area (TPSA) is 90.2 Å². The average molecular weight is 584 g/mol. The Balaban J connectivity index is 2.22. The number of unbranched alkanes of at least 4 members (excludes halogenated alkanes) is 23. The summed E-state index contributed by atoms with van der Waals surface area (Å²) in [5, 5.41) is 30.6. The number of hydrogen-bond acceptors (Lipinski definition) is 5. The normalized spacial score (nSPS) is 20.9. The molecule has 4 atom stereocenters. The van der Waals surface area contributed by atoms with E-state index in [0.717, 1.165) is 38.5 Å². The molecule has 1 amide bonds. The third kappa shape index (κ3) is 19.3. The first-order valence-corrected chi connectivity index (χ1v) is 18.0. The minimum absolute atomic E-state index is 0.0125. The molecule has 244 valence electrons. The molecule has 0 aromatic carbocycles. The van der Waals surface area contributed by atoms with E-state index in [4.69, 9.17) is 4.74 Å². The van der Waals surface area contributed by atoms with E-state index in [-0.39, 0.29) is 12.5 Å². The smallest absolute Gasteiger partial charge is 0.224 e. The number of carbonyl (C=O) groups is 1. The number of hydrogen-bond donors (Lipinski definition) is 3. The second-order valence-corrected chi connectivity index (χ2v) is 12.7. The molecular formula is C35H69NO5. The molecular weight excluding hydrogens is 514 g/mol. The number of amides is 1. The predicted molar refractivity (Wildman–Crippen MR) is 171 cm³/mol. The molecule has 6 heteroatoms. The van der Waals surface area contributed by atoms with Crippen molar-refractivity contribution in [1.29, 1.82) is 0 Å². The predicted octanol–water partition coefficient (Wildman–Crippen LogP) is 8.44. The summed E-state index contributed by atoms with van der Waals surface area (Å²) in [5.41, 5.74) is 0. The van der Waals surface area contributed by atoms with Crippen molar-refractivity contribution < 1.29 is 24.9 Å². The van der Waals surface area contributed by atoms with Gasteiger partial charge < -0.3 is 25.0 Å². The zero-order chi connectivity index (χ0) is 30.0. The van der Waals surface area contributed by atoms with Crippen LogP contribution < -0.4 is 0 Å². The molecule has 0 aliphatic carbocycles. The first kappa shape index (κ1) is 38.3. The second kappa shape index (κ2) is 26.9. The van der Waals surface area contributed by atoms with Gasteiger partial charge in [0.2, 0.25) is 5.91 Å². The lowest BCUT2D eigenvalue weighted by molar-refractivity contribution is -0.228. The lowest BCUT2D eigenvalue weighted by atomic mass is 10.0. The molecule has 1 heterocycles. The molecule has 6 nitrogen and oxygen atoms in total. The van der Waals surface area contributed by atoms with Gasteiger partial charge in [0.25, 0.3) is 0 Å². The molecule has 0 unspecified atom stereocenters. The van der Waals surface area contributed by atoms with Gasteiger partial charge in [-0.1, -0.05) is 162 Å². The van der Waals surface area contributed by atoms with Gasteiger partial charge >= 0.3 is 0 Å². The van der Waals surface area contributed by atoms with Crippen molar-refractivity contribution in [2.24, 2.45) is 0 Å². The van der Waals surface area contributed by atoms with Gasteiger partial charge in [0.1, 0.15) is 18.3 Å². The third-order valence-corrected chi connectivity index (χ3v) is 8.85. The highest BCUT2D eigenvalue weighted by atomic mass is 16.5. The molecule has 1 aliphatic heterocycles. The minimum atomic E-state index is -1.29. The fraction of sp³-hybridized carbons (Fsp3) is 0.971. The van der Waals surface area contributed by atoms with E-state index in [2.05, 4.69) is 13.8 Å². The summed E-state index contributed by atoms with van der Waals surface area (Å²) in [6.07, 6.45) is 27.4. The number of rotatable bonds is 28. The Morgan fingerprint density at radius 1 is 0.561 bits per heavy atom.